The molecule has 0 radical (unpaired) electrons. The molecule has 0 spiro atoms. The Morgan fingerprint density at radius 2 is 1.88 bits per heavy atom. The molecule has 7 heteroatoms. The molecule has 0 bridgehead atoms. The predicted molar refractivity (Wildman–Crippen MR) is 57.5 cm³/mol. The van der Waals surface area contributed by atoms with E-state index in [0.717, 1.165) is 0 Å². The van der Waals surface area contributed by atoms with Gasteiger partial charge in [0.05, 0.1) is 18.0 Å². The Hall–Kier alpha value is -1.97. The third kappa shape index (κ3) is 3.83. The lowest BCUT2D eigenvalue weighted by Crippen LogP contribution is -2.52. The van der Waals surface area contributed by atoms with Gasteiger partial charge in [0.2, 0.25) is 0 Å². The van der Waals surface area contributed by atoms with Crippen LogP contribution < -0.4 is 10.6 Å². The average molecular weight is 241 g/mol. The first-order chi connectivity index (χ1) is 7.97. The van der Waals surface area contributed by atoms with Gasteiger partial charge in [0.1, 0.15) is 0 Å². The van der Waals surface area contributed by atoms with Crippen LogP contribution >= 0.6 is 0 Å². The van der Waals surface area contributed by atoms with Crippen molar-refractivity contribution >= 4 is 12.2 Å². The van der Waals surface area contributed by atoms with E-state index in [2.05, 4.69) is 10.6 Å². The normalized spacial score (nSPS) is 27.8. The first-order valence-corrected chi connectivity index (χ1v) is 5.35. The number of hydrogen-bond acceptors (Lipinski definition) is 3. The number of amides is 2. The predicted octanol–water partition coefficient (Wildman–Crippen LogP) is 1.12. The lowest BCUT2D eigenvalue weighted by molar-refractivity contribution is 0.150. The molecular formula is C10H15N3O4. The fourth-order valence-corrected chi connectivity index (χ4v) is 2.21. The molecule has 0 aromatic carbocycles. The summed E-state index contributed by atoms with van der Waals surface area (Å²) in [6.07, 6.45) is -0.101. The first-order valence-electron chi connectivity index (χ1n) is 5.35. The zero-order valence-electron chi connectivity index (χ0n) is 9.27. The van der Waals surface area contributed by atoms with Gasteiger partial charge in [0.15, 0.2) is 0 Å². The van der Waals surface area contributed by atoms with Crippen LogP contribution in [0.1, 0.15) is 32.1 Å². The molecule has 1 fully saturated rings. The van der Waals surface area contributed by atoms with Crippen LogP contribution in [0.3, 0.4) is 0 Å². The van der Waals surface area contributed by atoms with Crippen molar-refractivity contribution in [2.24, 2.45) is 0 Å². The number of carbonyl (C=O) groups is 2. The summed E-state index contributed by atoms with van der Waals surface area (Å²) < 4.78 is 0. The molecule has 17 heavy (non-hydrogen) atoms. The molecule has 2 amide bonds. The van der Waals surface area contributed by atoms with Crippen molar-refractivity contribution in [2.45, 2.75) is 43.7 Å². The van der Waals surface area contributed by atoms with Crippen LogP contribution in [0.2, 0.25) is 0 Å². The highest BCUT2D eigenvalue weighted by atomic mass is 16.4. The van der Waals surface area contributed by atoms with Crippen molar-refractivity contribution in [2.75, 3.05) is 0 Å². The molecule has 7 nitrogen and oxygen atoms in total. The summed E-state index contributed by atoms with van der Waals surface area (Å²) in [6, 6.07) is 1.82. The summed E-state index contributed by atoms with van der Waals surface area (Å²) in [5.74, 6) is 0. The van der Waals surface area contributed by atoms with Crippen molar-refractivity contribution in [1.82, 2.24) is 10.6 Å². The topological polar surface area (TPSA) is 122 Å². The van der Waals surface area contributed by atoms with Crippen LogP contribution in [0.25, 0.3) is 0 Å². The molecule has 0 saturated heterocycles. The second-order valence-electron chi connectivity index (χ2n) is 4.27. The minimum absolute atomic E-state index is 0.110. The summed E-state index contributed by atoms with van der Waals surface area (Å²) in [6.45, 7) is 0. The monoisotopic (exact) mass is 241 g/mol. The molecule has 0 unspecified atom stereocenters. The van der Waals surface area contributed by atoms with Gasteiger partial charge in [-0.25, -0.2) is 9.59 Å². The average Bonchev–Trinajstić information content (AvgIpc) is 2.20. The summed E-state index contributed by atoms with van der Waals surface area (Å²) in [7, 11) is 0. The van der Waals surface area contributed by atoms with Crippen LogP contribution in [-0.4, -0.2) is 34.0 Å². The van der Waals surface area contributed by atoms with Gasteiger partial charge in [-0.15, -0.1) is 0 Å². The first kappa shape index (κ1) is 13.1. The number of nitriles is 1. The Bertz CT molecular complexity index is 342. The second kappa shape index (κ2) is 5.39. The van der Waals surface area contributed by atoms with Crippen molar-refractivity contribution in [1.29, 1.82) is 5.26 Å². The fourth-order valence-electron chi connectivity index (χ4n) is 2.21. The van der Waals surface area contributed by atoms with Gasteiger partial charge in [0, 0.05) is 6.04 Å². The molecule has 0 aliphatic heterocycles. The van der Waals surface area contributed by atoms with E-state index < -0.39 is 17.7 Å². The van der Waals surface area contributed by atoms with Crippen LogP contribution in [0.15, 0.2) is 0 Å². The molecule has 1 aliphatic rings. The van der Waals surface area contributed by atoms with Crippen LogP contribution in [0.5, 0.6) is 0 Å². The molecule has 0 aromatic heterocycles. The highest BCUT2D eigenvalue weighted by Crippen LogP contribution is 2.31. The smallest absolute Gasteiger partial charge is 0.405 e. The van der Waals surface area contributed by atoms with Gasteiger partial charge in [-0.05, 0) is 25.7 Å². The van der Waals surface area contributed by atoms with Gasteiger partial charge < -0.3 is 20.8 Å². The standard InChI is InChI=1S/C10H15N3O4/c11-6-5-10(13-9(16)17)3-1-7(2-4-10)12-8(14)15/h7,12-13H,1-5H2,(H,14,15)(H,16,17). The van der Waals surface area contributed by atoms with E-state index in [1.165, 1.54) is 0 Å². The van der Waals surface area contributed by atoms with Crippen molar-refractivity contribution in [3.63, 3.8) is 0 Å². The van der Waals surface area contributed by atoms with Gasteiger partial charge in [0.25, 0.3) is 0 Å². The molecule has 1 saturated carbocycles. The summed E-state index contributed by atoms with van der Waals surface area (Å²) in [5.41, 5.74) is -0.725. The van der Waals surface area contributed by atoms with E-state index in [0.29, 0.717) is 25.7 Å². The highest BCUT2D eigenvalue weighted by molar-refractivity contribution is 5.66. The van der Waals surface area contributed by atoms with Crippen molar-refractivity contribution in [3.8, 4) is 6.07 Å². The Kier molecular flexibility index (Phi) is 4.15. The summed E-state index contributed by atoms with van der Waals surface area (Å²) in [5, 5.41) is 30.8. The zero-order chi connectivity index (χ0) is 12.9. The maximum atomic E-state index is 10.7. The van der Waals surface area contributed by atoms with E-state index in [4.69, 9.17) is 15.5 Å². The van der Waals surface area contributed by atoms with Gasteiger partial charge in [-0.1, -0.05) is 0 Å². The number of rotatable bonds is 3. The second-order valence-corrected chi connectivity index (χ2v) is 4.27. The molecule has 1 aliphatic carbocycles. The SMILES string of the molecule is N#CCC1(NC(=O)O)CCC(NC(=O)O)CC1. The summed E-state index contributed by atoms with van der Waals surface area (Å²) in [4.78, 5) is 21.1. The van der Waals surface area contributed by atoms with Gasteiger partial charge in [-0.3, -0.25) is 0 Å². The molecule has 94 valence electrons. The minimum atomic E-state index is -1.15. The highest BCUT2D eigenvalue weighted by Gasteiger charge is 2.37. The third-order valence-corrected chi connectivity index (χ3v) is 3.06. The number of hydrogen-bond donors (Lipinski definition) is 4. The van der Waals surface area contributed by atoms with E-state index in [9.17, 15) is 9.59 Å². The van der Waals surface area contributed by atoms with Crippen LogP contribution in [0.4, 0.5) is 9.59 Å². The lowest BCUT2D eigenvalue weighted by Gasteiger charge is -2.38. The number of nitrogens with one attached hydrogen (secondary N) is 2. The molecule has 0 atom stereocenters. The van der Waals surface area contributed by atoms with Gasteiger partial charge in [-0.2, -0.15) is 5.26 Å². The van der Waals surface area contributed by atoms with E-state index in [1.54, 1.807) is 0 Å². The number of carboxylic acid groups (broad SMARTS) is 2. The minimum Gasteiger partial charge on any atom is -0.465 e. The van der Waals surface area contributed by atoms with Crippen molar-refractivity contribution in [3.05, 3.63) is 0 Å². The Labute approximate surface area is 98.4 Å². The quantitative estimate of drug-likeness (QED) is 0.589. The molecule has 1 rings (SSSR count). The Balaban J connectivity index is 2.58. The lowest BCUT2D eigenvalue weighted by atomic mass is 9.77. The largest absolute Gasteiger partial charge is 0.465 e. The maximum Gasteiger partial charge on any atom is 0.405 e. The van der Waals surface area contributed by atoms with E-state index >= 15 is 0 Å². The van der Waals surface area contributed by atoms with Crippen LogP contribution in [-0.2, 0) is 0 Å². The Morgan fingerprint density at radius 1 is 1.29 bits per heavy atom. The molecule has 0 heterocycles. The maximum absolute atomic E-state index is 10.7. The molecule has 0 aromatic rings. The molecular weight excluding hydrogens is 226 g/mol. The fraction of sp³-hybridized carbons (Fsp3) is 0.700. The van der Waals surface area contributed by atoms with E-state index in [-0.39, 0.29) is 12.5 Å². The zero-order valence-corrected chi connectivity index (χ0v) is 9.27. The van der Waals surface area contributed by atoms with Gasteiger partial charge >= 0.3 is 12.2 Å². The summed E-state index contributed by atoms with van der Waals surface area (Å²) >= 11 is 0. The third-order valence-electron chi connectivity index (χ3n) is 3.06. The van der Waals surface area contributed by atoms with Crippen LogP contribution in [0, 0.1) is 11.3 Å². The van der Waals surface area contributed by atoms with E-state index in [1.807, 2.05) is 6.07 Å². The van der Waals surface area contributed by atoms with Crippen molar-refractivity contribution < 1.29 is 19.8 Å². The number of nitrogens with zero attached hydrogens (tertiary/aromatic N) is 1. The molecule has 4 N–H and O–H groups in total. The Morgan fingerprint density at radius 3 is 2.29 bits per heavy atom.